The quantitative estimate of drug-likeness (QED) is 0.864. The molecule has 0 amide bonds. The molecule has 0 unspecified atom stereocenters. The highest BCUT2D eigenvalue weighted by molar-refractivity contribution is 7.99. The number of sulfonamides is 1. The SMILES string of the molecule is CN(C)S(=O)(=O)c1cccc(Sc2ncco2)c1N. The Labute approximate surface area is 115 Å². The molecule has 0 aliphatic rings. The van der Waals surface area contributed by atoms with E-state index in [1.165, 1.54) is 44.4 Å². The first-order valence-corrected chi connectivity index (χ1v) is 7.57. The first kappa shape index (κ1) is 13.9. The van der Waals surface area contributed by atoms with Gasteiger partial charge in [0.2, 0.25) is 10.0 Å². The first-order valence-electron chi connectivity index (χ1n) is 5.31. The number of benzene rings is 1. The second kappa shape index (κ2) is 5.24. The van der Waals surface area contributed by atoms with Crippen LogP contribution in [0.5, 0.6) is 0 Å². The van der Waals surface area contributed by atoms with Gasteiger partial charge in [-0.25, -0.2) is 17.7 Å². The molecule has 1 heterocycles. The van der Waals surface area contributed by atoms with E-state index in [1.54, 1.807) is 12.1 Å². The van der Waals surface area contributed by atoms with Gasteiger partial charge in [0.15, 0.2) is 0 Å². The smallest absolute Gasteiger partial charge is 0.260 e. The van der Waals surface area contributed by atoms with Crippen LogP contribution in [0, 0.1) is 0 Å². The molecule has 1 aromatic heterocycles. The van der Waals surface area contributed by atoms with Crippen LogP contribution in [0.1, 0.15) is 0 Å². The largest absolute Gasteiger partial charge is 0.440 e. The van der Waals surface area contributed by atoms with Crippen molar-refractivity contribution in [3.63, 3.8) is 0 Å². The van der Waals surface area contributed by atoms with Gasteiger partial charge in [-0.05, 0) is 23.9 Å². The van der Waals surface area contributed by atoms with Crippen molar-refractivity contribution in [1.29, 1.82) is 0 Å². The molecule has 0 saturated heterocycles. The van der Waals surface area contributed by atoms with Crippen molar-refractivity contribution in [2.45, 2.75) is 15.0 Å². The topological polar surface area (TPSA) is 89.4 Å². The number of hydrogen-bond acceptors (Lipinski definition) is 6. The molecule has 0 fully saturated rings. The lowest BCUT2D eigenvalue weighted by Crippen LogP contribution is -2.23. The van der Waals surface area contributed by atoms with Gasteiger partial charge < -0.3 is 10.2 Å². The number of rotatable bonds is 4. The molecule has 2 N–H and O–H groups in total. The van der Waals surface area contributed by atoms with Crippen LogP contribution >= 0.6 is 11.8 Å². The zero-order chi connectivity index (χ0) is 14.0. The molecule has 2 aromatic rings. The number of hydrogen-bond donors (Lipinski definition) is 1. The molecule has 2 rings (SSSR count). The minimum Gasteiger partial charge on any atom is -0.440 e. The summed E-state index contributed by atoms with van der Waals surface area (Å²) in [6.07, 6.45) is 2.96. The molecule has 0 spiro atoms. The zero-order valence-electron chi connectivity index (χ0n) is 10.4. The van der Waals surface area contributed by atoms with E-state index in [1.807, 2.05) is 0 Å². The van der Waals surface area contributed by atoms with Crippen LogP contribution in [0.4, 0.5) is 5.69 Å². The van der Waals surface area contributed by atoms with Gasteiger partial charge in [0.25, 0.3) is 5.22 Å². The van der Waals surface area contributed by atoms with Crippen LogP contribution in [-0.2, 0) is 10.0 Å². The third-order valence-corrected chi connectivity index (χ3v) is 5.22. The van der Waals surface area contributed by atoms with Crippen LogP contribution in [-0.4, -0.2) is 31.8 Å². The highest BCUT2D eigenvalue weighted by Crippen LogP contribution is 2.35. The monoisotopic (exact) mass is 299 g/mol. The standard InChI is InChI=1S/C11H13N3O3S2/c1-14(2)19(15,16)9-5-3-4-8(10(9)12)18-11-13-6-7-17-11/h3-7H,12H2,1-2H3. The Hall–Kier alpha value is -1.51. The van der Waals surface area contributed by atoms with E-state index < -0.39 is 10.0 Å². The lowest BCUT2D eigenvalue weighted by atomic mass is 10.3. The van der Waals surface area contributed by atoms with Crippen LogP contribution in [0.15, 0.2) is 50.1 Å². The molecule has 1 aromatic carbocycles. The van der Waals surface area contributed by atoms with Crippen LogP contribution < -0.4 is 5.73 Å². The van der Waals surface area contributed by atoms with Gasteiger partial charge in [-0.2, -0.15) is 0 Å². The van der Waals surface area contributed by atoms with Gasteiger partial charge in [0.1, 0.15) is 11.2 Å². The molecule has 0 aliphatic heterocycles. The van der Waals surface area contributed by atoms with Crippen molar-refractivity contribution >= 4 is 27.5 Å². The molecule has 8 heteroatoms. The fourth-order valence-electron chi connectivity index (χ4n) is 1.39. The Morgan fingerprint density at radius 3 is 2.68 bits per heavy atom. The van der Waals surface area contributed by atoms with E-state index in [4.69, 9.17) is 10.2 Å². The number of nitrogens with two attached hydrogens (primary N) is 1. The molecule has 19 heavy (non-hydrogen) atoms. The van der Waals surface area contributed by atoms with Gasteiger partial charge in [0, 0.05) is 19.0 Å². The number of nitrogen functional groups attached to an aromatic ring is 1. The fourth-order valence-corrected chi connectivity index (χ4v) is 3.26. The maximum absolute atomic E-state index is 12.1. The molecule has 0 radical (unpaired) electrons. The molecule has 0 atom stereocenters. The highest BCUT2D eigenvalue weighted by Gasteiger charge is 2.22. The van der Waals surface area contributed by atoms with Gasteiger partial charge in [0.05, 0.1) is 11.9 Å². The number of anilines is 1. The summed E-state index contributed by atoms with van der Waals surface area (Å²) in [5, 5.41) is 0.408. The van der Waals surface area contributed by atoms with Crippen molar-refractivity contribution in [3.8, 4) is 0 Å². The number of para-hydroxylation sites is 1. The second-order valence-electron chi connectivity index (χ2n) is 3.86. The van der Waals surface area contributed by atoms with E-state index in [2.05, 4.69) is 4.98 Å². The van der Waals surface area contributed by atoms with Crippen LogP contribution in [0.25, 0.3) is 0 Å². The zero-order valence-corrected chi connectivity index (χ0v) is 12.0. The predicted octanol–water partition coefficient (Wildman–Crippen LogP) is 1.66. The maximum atomic E-state index is 12.1. The summed E-state index contributed by atoms with van der Waals surface area (Å²) in [5.74, 6) is 0. The molecule has 102 valence electrons. The normalized spacial score (nSPS) is 11.9. The summed E-state index contributed by atoms with van der Waals surface area (Å²) >= 11 is 1.18. The molecule has 0 aliphatic carbocycles. The third-order valence-electron chi connectivity index (χ3n) is 2.39. The summed E-state index contributed by atoms with van der Waals surface area (Å²) in [6, 6.07) is 4.83. The highest BCUT2D eigenvalue weighted by atomic mass is 32.2. The van der Waals surface area contributed by atoms with E-state index >= 15 is 0 Å². The fraction of sp³-hybridized carbons (Fsp3) is 0.182. The third kappa shape index (κ3) is 2.75. The van der Waals surface area contributed by atoms with E-state index in [0.29, 0.717) is 10.1 Å². The summed E-state index contributed by atoms with van der Waals surface area (Å²) in [7, 11) is -0.643. The number of oxazole rings is 1. The summed E-state index contributed by atoms with van der Waals surface area (Å²) in [4.78, 5) is 4.63. The Bertz CT molecular complexity index is 666. The molecule has 6 nitrogen and oxygen atoms in total. The predicted molar refractivity (Wildman–Crippen MR) is 72.4 cm³/mol. The van der Waals surface area contributed by atoms with Crippen LogP contribution in [0.2, 0.25) is 0 Å². The summed E-state index contributed by atoms with van der Waals surface area (Å²) < 4.78 is 30.4. The van der Waals surface area contributed by atoms with Crippen molar-refractivity contribution in [1.82, 2.24) is 9.29 Å². The number of nitrogens with zero attached hydrogens (tertiary/aromatic N) is 2. The minimum absolute atomic E-state index is 0.0778. The lowest BCUT2D eigenvalue weighted by Gasteiger charge is -2.14. The average molecular weight is 299 g/mol. The second-order valence-corrected chi connectivity index (χ2v) is 6.97. The van der Waals surface area contributed by atoms with Crippen molar-refractivity contribution in [2.24, 2.45) is 0 Å². The van der Waals surface area contributed by atoms with Crippen LogP contribution in [0.3, 0.4) is 0 Å². The Kier molecular flexibility index (Phi) is 3.83. The maximum Gasteiger partial charge on any atom is 0.260 e. The van der Waals surface area contributed by atoms with E-state index in [9.17, 15) is 8.42 Å². The van der Waals surface area contributed by atoms with E-state index in [-0.39, 0.29) is 10.6 Å². The van der Waals surface area contributed by atoms with Gasteiger partial charge >= 0.3 is 0 Å². The molecule has 0 bridgehead atoms. The summed E-state index contributed by atoms with van der Waals surface area (Å²) in [5.41, 5.74) is 6.12. The Balaban J connectivity index is 2.44. The number of aromatic nitrogens is 1. The first-order chi connectivity index (χ1) is 8.93. The Morgan fingerprint density at radius 1 is 1.37 bits per heavy atom. The molecular weight excluding hydrogens is 286 g/mol. The average Bonchev–Trinajstić information content (AvgIpc) is 2.84. The van der Waals surface area contributed by atoms with Gasteiger partial charge in [-0.1, -0.05) is 6.07 Å². The van der Waals surface area contributed by atoms with E-state index in [0.717, 1.165) is 4.31 Å². The van der Waals surface area contributed by atoms with Crippen molar-refractivity contribution in [3.05, 3.63) is 30.7 Å². The van der Waals surface area contributed by atoms with Gasteiger partial charge in [-0.15, -0.1) is 0 Å². The van der Waals surface area contributed by atoms with Gasteiger partial charge in [-0.3, -0.25) is 0 Å². The molecule has 0 saturated carbocycles. The molecular formula is C11H13N3O3S2. The minimum atomic E-state index is -3.56. The Morgan fingerprint density at radius 2 is 2.11 bits per heavy atom. The lowest BCUT2D eigenvalue weighted by molar-refractivity contribution is 0.454. The van der Waals surface area contributed by atoms with Crippen molar-refractivity contribution < 1.29 is 12.8 Å². The van der Waals surface area contributed by atoms with Crippen molar-refractivity contribution in [2.75, 3.05) is 19.8 Å². The summed E-state index contributed by atoms with van der Waals surface area (Å²) in [6.45, 7) is 0.